The maximum absolute atomic E-state index is 3.84. The van der Waals surface area contributed by atoms with Crippen molar-refractivity contribution in [3.05, 3.63) is 0 Å². The predicted molar refractivity (Wildman–Crippen MR) is 189 cm³/mol. The molecule has 0 aliphatic heterocycles. The van der Waals surface area contributed by atoms with Crippen LogP contribution in [-0.2, 0) is 0 Å². The maximum atomic E-state index is 3.84. The maximum Gasteiger partial charge on any atom is 0.0125 e. The summed E-state index contributed by atoms with van der Waals surface area (Å²) in [6.07, 6.45) is 41.3. The average molecular weight is 579 g/mol. The van der Waals surface area contributed by atoms with Crippen LogP contribution in [0.5, 0.6) is 0 Å². The van der Waals surface area contributed by atoms with Gasteiger partial charge in [-0.05, 0) is 60.0 Å². The topological polar surface area (TPSA) is 24.1 Å². The highest BCUT2D eigenvalue weighted by atomic mass is 15.0. The van der Waals surface area contributed by atoms with Gasteiger partial charge in [0.2, 0.25) is 0 Å². The lowest BCUT2D eigenvalue weighted by Crippen LogP contribution is -2.43. The van der Waals surface area contributed by atoms with Crippen LogP contribution in [0.25, 0.3) is 0 Å². The summed E-state index contributed by atoms with van der Waals surface area (Å²) >= 11 is 0. The third-order valence-corrected chi connectivity index (χ3v) is 9.37. The molecule has 0 aliphatic carbocycles. The van der Waals surface area contributed by atoms with Gasteiger partial charge < -0.3 is 10.6 Å². The second kappa shape index (κ2) is 30.0. The molecule has 0 atom stereocenters. The third-order valence-electron chi connectivity index (χ3n) is 9.37. The van der Waals surface area contributed by atoms with Crippen molar-refractivity contribution in [3.63, 3.8) is 0 Å². The highest BCUT2D eigenvalue weighted by Crippen LogP contribution is 2.18. The lowest BCUT2D eigenvalue weighted by molar-refractivity contribution is 0.323. The van der Waals surface area contributed by atoms with Crippen molar-refractivity contribution in [1.29, 1.82) is 0 Å². The van der Waals surface area contributed by atoms with Crippen molar-refractivity contribution in [2.75, 3.05) is 13.1 Å². The molecule has 0 spiro atoms. The second-order valence-corrected chi connectivity index (χ2v) is 15.0. The lowest BCUT2D eigenvalue weighted by atomic mass is 9.95. The van der Waals surface area contributed by atoms with Crippen molar-refractivity contribution in [1.82, 2.24) is 10.6 Å². The first kappa shape index (κ1) is 40.9. The molecule has 2 heteroatoms. The van der Waals surface area contributed by atoms with Crippen molar-refractivity contribution >= 4 is 0 Å². The van der Waals surface area contributed by atoms with E-state index < -0.39 is 0 Å². The molecule has 0 bridgehead atoms. The van der Waals surface area contributed by atoms with Crippen LogP contribution in [0, 0.1) is 0 Å². The SMILES string of the molecule is CCCCCCCCCCCCCCCC(C)(C)NCCCNC(C)(C)CCCCCCCCCCCCCCC. The smallest absolute Gasteiger partial charge is 0.0125 e. The Kier molecular flexibility index (Phi) is 29.9. The average Bonchev–Trinajstić information content (AvgIpc) is 2.93. The molecule has 0 radical (unpaired) electrons. The molecule has 0 saturated carbocycles. The normalized spacial score (nSPS) is 12.4. The monoisotopic (exact) mass is 579 g/mol. The van der Waals surface area contributed by atoms with Gasteiger partial charge in [0.25, 0.3) is 0 Å². The molecule has 2 nitrogen and oxygen atoms in total. The highest BCUT2D eigenvalue weighted by molar-refractivity contribution is 4.79. The Labute approximate surface area is 262 Å². The van der Waals surface area contributed by atoms with E-state index in [9.17, 15) is 0 Å². The van der Waals surface area contributed by atoms with E-state index in [0.717, 1.165) is 13.1 Å². The predicted octanol–water partition coefficient (Wildman–Crippen LogP) is 13.1. The minimum atomic E-state index is 0.280. The molecule has 2 N–H and O–H groups in total. The first-order valence-electron chi connectivity index (χ1n) is 19.3. The van der Waals surface area contributed by atoms with Crippen LogP contribution in [0.4, 0.5) is 0 Å². The Morgan fingerprint density at radius 2 is 0.512 bits per heavy atom. The van der Waals surface area contributed by atoms with E-state index in [2.05, 4.69) is 52.2 Å². The molecular weight excluding hydrogens is 496 g/mol. The highest BCUT2D eigenvalue weighted by Gasteiger charge is 2.17. The summed E-state index contributed by atoms with van der Waals surface area (Å²) in [6, 6.07) is 0. The van der Waals surface area contributed by atoms with Gasteiger partial charge in [-0.2, -0.15) is 0 Å². The molecule has 0 saturated heterocycles. The standard InChI is InChI=1S/C39H82N2/c1-7-9-11-13-15-17-19-21-23-25-27-29-31-34-38(3,4)40-36-33-37-41-39(5,6)35-32-30-28-26-24-22-20-18-16-14-12-10-8-2/h40-41H,7-37H2,1-6H3. The van der Waals surface area contributed by atoms with Gasteiger partial charge in [-0.25, -0.2) is 0 Å². The first-order chi connectivity index (χ1) is 19.8. The molecule has 0 amide bonds. The molecule has 0 aromatic carbocycles. The number of rotatable bonds is 34. The molecule has 0 fully saturated rings. The van der Waals surface area contributed by atoms with Gasteiger partial charge >= 0.3 is 0 Å². The van der Waals surface area contributed by atoms with Crippen molar-refractivity contribution in [2.24, 2.45) is 0 Å². The third kappa shape index (κ3) is 32.7. The van der Waals surface area contributed by atoms with Gasteiger partial charge in [-0.3, -0.25) is 0 Å². The van der Waals surface area contributed by atoms with E-state index in [1.165, 1.54) is 186 Å². The van der Waals surface area contributed by atoms with E-state index in [0.29, 0.717) is 0 Å². The van der Waals surface area contributed by atoms with Crippen LogP contribution >= 0.6 is 0 Å². The van der Waals surface area contributed by atoms with Crippen LogP contribution in [-0.4, -0.2) is 24.2 Å². The number of unbranched alkanes of at least 4 members (excludes halogenated alkanes) is 24. The second-order valence-electron chi connectivity index (χ2n) is 15.0. The van der Waals surface area contributed by atoms with Gasteiger partial charge in [0.1, 0.15) is 0 Å². The zero-order valence-corrected chi connectivity index (χ0v) is 29.9. The number of hydrogen-bond acceptors (Lipinski definition) is 2. The summed E-state index contributed by atoms with van der Waals surface area (Å²) in [4.78, 5) is 0. The summed E-state index contributed by atoms with van der Waals surface area (Å²) in [5.74, 6) is 0. The van der Waals surface area contributed by atoms with E-state index in [1.807, 2.05) is 0 Å². The minimum Gasteiger partial charge on any atom is -0.312 e. The lowest BCUT2D eigenvalue weighted by Gasteiger charge is -2.29. The number of nitrogens with one attached hydrogen (secondary N) is 2. The Hall–Kier alpha value is -0.0800. The van der Waals surface area contributed by atoms with Gasteiger partial charge in [-0.1, -0.05) is 181 Å². The Morgan fingerprint density at radius 1 is 0.293 bits per heavy atom. The molecule has 0 aromatic heterocycles. The van der Waals surface area contributed by atoms with E-state index >= 15 is 0 Å². The molecule has 0 heterocycles. The van der Waals surface area contributed by atoms with Crippen molar-refractivity contribution in [2.45, 2.75) is 239 Å². The summed E-state index contributed by atoms with van der Waals surface area (Å²) in [5, 5.41) is 7.69. The molecule has 0 aromatic rings. The Morgan fingerprint density at radius 3 is 0.756 bits per heavy atom. The van der Waals surface area contributed by atoms with Crippen molar-refractivity contribution < 1.29 is 0 Å². The fraction of sp³-hybridized carbons (Fsp3) is 1.00. The quantitative estimate of drug-likeness (QED) is 0.0742. The van der Waals surface area contributed by atoms with Crippen LogP contribution in [0.2, 0.25) is 0 Å². The summed E-state index contributed by atoms with van der Waals surface area (Å²) < 4.78 is 0. The van der Waals surface area contributed by atoms with Gasteiger partial charge in [-0.15, -0.1) is 0 Å². The molecule has 41 heavy (non-hydrogen) atoms. The summed E-state index contributed by atoms with van der Waals surface area (Å²) in [7, 11) is 0. The fourth-order valence-corrected chi connectivity index (χ4v) is 6.29. The van der Waals surface area contributed by atoms with Gasteiger partial charge in [0.15, 0.2) is 0 Å². The van der Waals surface area contributed by atoms with Crippen molar-refractivity contribution in [3.8, 4) is 0 Å². The zero-order chi connectivity index (χ0) is 30.3. The van der Waals surface area contributed by atoms with E-state index in [4.69, 9.17) is 0 Å². The Bertz CT molecular complexity index is 454. The largest absolute Gasteiger partial charge is 0.312 e. The van der Waals surface area contributed by atoms with Crippen LogP contribution in [0.3, 0.4) is 0 Å². The fourth-order valence-electron chi connectivity index (χ4n) is 6.29. The molecular formula is C39H82N2. The minimum absolute atomic E-state index is 0.280. The van der Waals surface area contributed by atoms with Gasteiger partial charge in [0.05, 0.1) is 0 Å². The molecule has 0 rings (SSSR count). The first-order valence-corrected chi connectivity index (χ1v) is 19.3. The van der Waals surface area contributed by atoms with Crippen LogP contribution in [0.1, 0.15) is 228 Å². The Balaban J connectivity index is 3.50. The molecule has 0 aliphatic rings. The number of hydrogen-bond donors (Lipinski definition) is 2. The van der Waals surface area contributed by atoms with E-state index in [-0.39, 0.29) is 11.1 Å². The van der Waals surface area contributed by atoms with E-state index in [1.54, 1.807) is 0 Å². The summed E-state index contributed by atoms with van der Waals surface area (Å²) in [5.41, 5.74) is 0.559. The van der Waals surface area contributed by atoms with Crippen LogP contribution in [0.15, 0.2) is 0 Å². The molecule has 0 unspecified atom stereocenters. The zero-order valence-electron chi connectivity index (χ0n) is 29.9. The molecule has 248 valence electrons. The summed E-state index contributed by atoms with van der Waals surface area (Å²) in [6.45, 7) is 16.5. The van der Waals surface area contributed by atoms with Gasteiger partial charge in [0, 0.05) is 11.1 Å². The van der Waals surface area contributed by atoms with Crippen LogP contribution < -0.4 is 10.6 Å².